The fourth-order valence-corrected chi connectivity index (χ4v) is 3.52. The second-order valence-electron chi connectivity index (χ2n) is 4.85. The van der Waals surface area contributed by atoms with Crippen molar-refractivity contribution in [3.05, 3.63) is 71.3 Å². The molecule has 0 radical (unpaired) electrons. The summed E-state index contributed by atoms with van der Waals surface area (Å²) in [5.74, 6) is 0.812. The van der Waals surface area contributed by atoms with Crippen LogP contribution in [0, 0.1) is 0 Å². The summed E-state index contributed by atoms with van der Waals surface area (Å²) in [5.41, 5.74) is 8.43. The molecule has 98 valence electrons. The maximum Gasteiger partial charge on any atom is 0.134 e. The Morgan fingerprint density at radius 3 is 2.70 bits per heavy atom. The summed E-state index contributed by atoms with van der Waals surface area (Å²) in [6.45, 7) is 0. The SMILES string of the molecule is NC(c1cc2ccccc2o1)c1cccc2ccsc12. The Balaban J connectivity index is 1.87. The van der Waals surface area contributed by atoms with Gasteiger partial charge in [0.1, 0.15) is 11.3 Å². The van der Waals surface area contributed by atoms with Crippen LogP contribution >= 0.6 is 11.3 Å². The lowest BCUT2D eigenvalue weighted by molar-refractivity contribution is 0.526. The number of thiophene rings is 1. The highest BCUT2D eigenvalue weighted by molar-refractivity contribution is 7.17. The van der Waals surface area contributed by atoms with Crippen LogP contribution in [0.15, 0.2) is 64.4 Å². The predicted octanol–water partition coefficient (Wildman–Crippen LogP) is 4.70. The molecule has 4 aromatic rings. The van der Waals surface area contributed by atoms with Crippen LogP contribution in [0.5, 0.6) is 0 Å². The van der Waals surface area contributed by atoms with Gasteiger partial charge in [0, 0.05) is 10.1 Å². The number of fused-ring (bicyclic) bond motifs is 2. The van der Waals surface area contributed by atoms with Crippen LogP contribution in [0.4, 0.5) is 0 Å². The number of hydrogen-bond acceptors (Lipinski definition) is 3. The smallest absolute Gasteiger partial charge is 0.134 e. The third kappa shape index (κ3) is 1.75. The van der Waals surface area contributed by atoms with Gasteiger partial charge in [-0.3, -0.25) is 0 Å². The third-order valence-electron chi connectivity index (χ3n) is 3.60. The fraction of sp³-hybridized carbons (Fsp3) is 0.0588. The van der Waals surface area contributed by atoms with Crippen LogP contribution in [0.1, 0.15) is 17.4 Å². The van der Waals surface area contributed by atoms with Gasteiger partial charge in [-0.05, 0) is 34.5 Å². The van der Waals surface area contributed by atoms with Gasteiger partial charge in [0.25, 0.3) is 0 Å². The molecule has 0 aliphatic heterocycles. The molecule has 0 saturated heterocycles. The van der Waals surface area contributed by atoms with Crippen LogP contribution in [0.25, 0.3) is 21.1 Å². The molecule has 0 spiro atoms. The zero-order valence-electron chi connectivity index (χ0n) is 10.7. The lowest BCUT2D eigenvalue weighted by atomic mass is 10.0. The number of nitrogens with two attached hydrogens (primary N) is 1. The van der Waals surface area contributed by atoms with E-state index < -0.39 is 0 Å². The molecule has 2 heterocycles. The summed E-state index contributed by atoms with van der Waals surface area (Å²) in [6.07, 6.45) is 0. The van der Waals surface area contributed by atoms with Gasteiger partial charge in [0.2, 0.25) is 0 Å². The number of rotatable bonds is 2. The van der Waals surface area contributed by atoms with E-state index in [1.165, 1.54) is 10.1 Å². The van der Waals surface area contributed by atoms with Crippen molar-refractivity contribution in [2.24, 2.45) is 5.73 Å². The molecule has 20 heavy (non-hydrogen) atoms. The highest BCUT2D eigenvalue weighted by atomic mass is 32.1. The Morgan fingerprint density at radius 2 is 1.80 bits per heavy atom. The van der Waals surface area contributed by atoms with Gasteiger partial charge >= 0.3 is 0 Å². The first-order valence-corrected chi connectivity index (χ1v) is 7.41. The van der Waals surface area contributed by atoms with Gasteiger partial charge in [0.05, 0.1) is 6.04 Å². The maximum absolute atomic E-state index is 6.42. The Hall–Kier alpha value is -2.10. The minimum atomic E-state index is -0.232. The Kier molecular flexibility index (Phi) is 2.62. The first-order valence-electron chi connectivity index (χ1n) is 6.53. The van der Waals surface area contributed by atoms with Crippen LogP contribution < -0.4 is 5.73 Å². The fourth-order valence-electron chi connectivity index (χ4n) is 2.57. The van der Waals surface area contributed by atoms with Crippen molar-refractivity contribution in [1.82, 2.24) is 0 Å². The second kappa shape index (κ2) is 4.47. The Bertz CT molecular complexity index is 857. The monoisotopic (exact) mass is 279 g/mol. The van der Waals surface area contributed by atoms with E-state index in [4.69, 9.17) is 10.2 Å². The molecule has 3 heteroatoms. The highest BCUT2D eigenvalue weighted by Gasteiger charge is 2.16. The minimum Gasteiger partial charge on any atom is -0.459 e. The van der Waals surface area contributed by atoms with Crippen LogP contribution in [0.2, 0.25) is 0 Å². The molecule has 2 nitrogen and oxygen atoms in total. The van der Waals surface area contributed by atoms with E-state index in [-0.39, 0.29) is 6.04 Å². The standard InChI is InChI=1S/C17H13NOS/c18-16(13-6-3-5-11-8-9-20-17(11)13)15-10-12-4-1-2-7-14(12)19-15/h1-10,16H,18H2. The molecule has 0 fully saturated rings. The van der Waals surface area contributed by atoms with E-state index in [1.807, 2.05) is 36.4 Å². The van der Waals surface area contributed by atoms with E-state index in [1.54, 1.807) is 11.3 Å². The number of hydrogen-bond donors (Lipinski definition) is 1. The van der Waals surface area contributed by atoms with Crippen molar-refractivity contribution < 1.29 is 4.42 Å². The Labute approximate surface area is 120 Å². The molecular formula is C17H13NOS. The molecule has 0 saturated carbocycles. The third-order valence-corrected chi connectivity index (χ3v) is 4.57. The van der Waals surface area contributed by atoms with Crippen molar-refractivity contribution in [2.45, 2.75) is 6.04 Å². The second-order valence-corrected chi connectivity index (χ2v) is 5.77. The maximum atomic E-state index is 6.42. The average Bonchev–Trinajstić information content (AvgIpc) is 3.12. The minimum absolute atomic E-state index is 0.232. The molecule has 2 N–H and O–H groups in total. The predicted molar refractivity (Wildman–Crippen MR) is 84.1 cm³/mol. The van der Waals surface area contributed by atoms with Crippen LogP contribution in [-0.4, -0.2) is 0 Å². The van der Waals surface area contributed by atoms with Gasteiger partial charge in [-0.2, -0.15) is 0 Å². The lowest BCUT2D eigenvalue weighted by Gasteiger charge is -2.10. The molecule has 1 atom stereocenters. The highest BCUT2D eigenvalue weighted by Crippen LogP contribution is 2.33. The zero-order valence-corrected chi connectivity index (χ0v) is 11.6. The summed E-state index contributed by atoms with van der Waals surface area (Å²) < 4.78 is 7.13. The quantitative estimate of drug-likeness (QED) is 0.578. The van der Waals surface area contributed by atoms with E-state index >= 15 is 0 Å². The van der Waals surface area contributed by atoms with Gasteiger partial charge < -0.3 is 10.2 Å². The molecular weight excluding hydrogens is 266 g/mol. The van der Waals surface area contributed by atoms with Gasteiger partial charge in [0.15, 0.2) is 0 Å². The van der Waals surface area contributed by atoms with Crippen molar-refractivity contribution in [3.8, 4) is 0 Å². The largest absolute Gasteiger partial charge is 0.459 e. The normalized spacial score (nSPS) is 13.1. The first-order chi connectivity index (χ1) is 9.83. The molecule has 4 rings (SSSR count). The summed E-state index contributed by atoms with van der Waals surface area (Å²) >= 11 is 1.72. The average molecular weight is 279 g/mol. The van der Waals surface area contributed by atoms with Crippen molar-refractivity contribution in [1.29, 1.82) is 0 Å². The molecule has 0 bridgehead atoms. The molecule has 2 aromatic carbocycles. The number of para-hydroxylation sites is 1. The van der Waals surface area contributed by atoms with E-state index in [2.05, 4.69) is 23.6 Å². The van der Waals surface area contributed by atoms with E-state index in [9.17, 15) is 0 Å². The van der Waals surface area contributed by atoms with Crippen molar-refractivity contribution in [2.75, 3.05) is 0 Å². The van der Waals surface area contributed by atoms with Crippen LogP contribution in [-0.2, 0) is 0 Å². The summed E-state index contributed by atoms with van der Waals surface area (Å²) in [6, 6.07) is 18.2. The van der Waals surface area contributed by atoms with E-state index in [0.29, 0.717) is 0 Å². The van der Waals surface area contributed by atoms with Gasteiger partial charge in [-0.15, -0.1) is 11.3 Å². The lowest BCUT2D eigenvalue weighted by Crippen LogP contribution is -2.10. The van der Waals surface area contributed by atoms with Crippen molar-refractivity contribution >= 4 is 32.4 Å². The van der Waals surface area contributed by atoms with Crippen molar-refractivity contribution in [3.63, 3.8) is 0 Å². The molecule has 0 amide bonds. The van der Waals surface area contributed by atoms with E-state index in [0.717, 1.165) is 22.3 Å². The molecule has 2 aromatic heterocycles. The number of benzene rings is 2. The first kappa shape index (κ1) is 11.7. The number of furan rings is 1. The van der Waals surface area contributed by atoms with Gasteiger partial charge in [-0.1, -0.05) is 36.4 Å². The van der Waals surface area contributed by atoms with Gasteiger partial charge in [-0.25, -0.2) is 0 Å². The molecule has 1 unspecified atom stereocenters. The Morgan fingerprint density at radius 1 is 0.950 bits per heavy atom. The molecule has 0 aliphatic rings. The summed E-state index contributed by atoms with van der Waals surface area (Å²) in [4.78, 5) is 0. The molecule has 0 aliphatic carbocycles. The zero-order chi connectivity index (χ0) is 13.5. The van der Waals surface area contributed by atoms with Crippen LogP contribution in [0.3, 0.4) is 0 Å². The topological polar surface area (TPSA) is 39.2 Å². The summed E-state index contributed by atoms with van der Waals surface area (Å²) in [7, 11) is 0. The summed E-state index contributed by atoms with van der Waals surface area (Å²) in [5, 5.41) is 4.43.